The molecule has 1 aromatic carbocycles. The topological polar surface area (TPSA) is 373 Å². The van der Waals surface area contributed by atoms with Gasteiger partial charge in [-0.2, -0.15) is 12.6 Å². The Morgan fingerprint density at radius 1 is 0.633 bits per heavy atom. The lowest BCUT2D eigenvalue weighted by molar-refractivity contribution is -0.140. The summed E-state index contributed by atoms with van der Waals surface area (Å²) >= 11 is 4.21. The average molecular weight is 866 g/mol. The van der Waals surface area contributed by atoms with Crippen molar-refractivity contribution in [2.24, 2.45) is 32.9 Å². The number of rotatable bonds is 29. The van der Waals surface area contributed by atoms with E-state index in [4.69, 9.17) is 28.0 Å². The number of nitrogens with two attached hydrogens (primary N) is 4. The van der Waals surface area contributed by atoms with Gasteiger partial charge in [0.1, 0.15) is 18.1 Å². The SMILES string of the molecule is CC(CCCCNC(=O)NCc1ccc(CC(=O)NC(CCCN=C(N)N)C(=O)NC(CCCN=C(N)N)C(=O)NC(C)CS)cc1)NC(=O)NC(CCC(=O)O)C(=O)O. The summed E-state index contributed by atoms with van der Waals surface area (Å²) in [5.74, 6) is -3.73. The van der Waals surface area contributed by atoms with Crippen LogP contribution in [0, 0.1) is 0 Å². The van der Waals surface area contributed by atoms with Crippen LogP contribution < -0.4 is 60.2 Å². The summed E-state index contributed by atoms with van der Waals surface area (Å²) in [7, 11) is 0. The van der Waals surface area contributed by atoms with Crippen LogP contribution in [0.4, 0.5) is 9.59 Å². The number of hydrogen-bond acceptors (Lipinski definition) is 10. The average Bonchev–Trinajstić information content (AvgIpc) is 3.17. The van der Waals surface area contributed by atoms with Crippen molar-refractivity contribution in [1.29, 1.82) is 0 Å². The number of carboxylic acid groups (broad SMARTS) is 2. The highest BCUT2D eigenvalue weighted by atomic mass is 32.1. The second-order valence-electron chi connectivity index (χ2n) is 14.1. The first kappa shape index (κ1) is 52.0. The smallest absolute Gasteiger partial charge is 0.326 e. The van der Waals surface area contributed by atoms with Crippen molar-refractivity contribution in [3.63, 3.8) is 0 Å². The number of carboxylic acids is 2. The van der Waals surface area contributed by atoms with E-state index in [0.717, 1.165) is 5.56 Å². The van der Waals surface area contributed by atoms with Crippen molar-refractivity contribution in [3.8, 4) is 0 Å². The molecule has 0 aromatic heterocycles. The molecule has 0 aliphatic rings. The van der Waals surface area contributed by atoms with Gasteiger partial charge in [0, 0.05) is 50.4 Å². The fourth-order valence-corrected chi connectivity index (χ4v) is 5.55. The molecule has 0 saturated carbocycles. The summed E-state index contributed by atoms with van der Waals surface area (Å²) in [6.45, 7) is 4.56. The summed E-state index contributed by atoms with van der Waals surface area (Å²) in [5.41, 5.74) is 23.1. The molecule has 0 radical (unpaired) electrons. The monoisotopic (exact) mass is 865 g/mol. The molecular formula is C37H63N13O9S. The third-order valence-corrected chi connectivity index (χ3v) is 9.20. The Kier molecular flexibility index (Phi) is 25.4. The van der Waals surface area contributed by atoms with Crippen molar-refractivity contribution in [3.05, 3.63) is 35.4 Å². The van der Waals surface area contributed by atoms with E-state index < -0.39 is 60.2 Å². The van der Waals surface area contributed by atoms with E-state index in [-0.39, 0.29) is 75.4 Å². The van der Waals surface area contributed by atoms with Gasteiger partial charge < -0.3 is 70.4 Å². The quantitative estimate of drug-likeness (QED) is 0.0193. The molecule has 0 aliphatic carbocycles. The van der Waals surface area contributed by atoms with Crippen LogP contribution in [-0.2, 0) is 36.9 Å². The Balaban J connectivity index is 2.65. The van der Waals surface area contributed by atoms with Gasteiger partial charge in [0.2, 0.25) is 17.7 Å². The van der Waals surface area contributed by atoms with Crippen LogP contribution >= 0.6 is 12.6 Å². The normalized spacial score (nSPS) is 13.1. The fourth-order valence-electron chi connectivity index (χ4n) is 5.46. The molecule has 0 spiro atoms. The number of guanidine groups is 2. The second-order valence-corrected chi connectivity index (χ2v) is 14.5. The lowest BCUT2D eigenvalue weighted by atomic mass is 10.1. The number of aliphatic imine (C=N–C) groups is 2. The highest BCUT2D eigenvalue weighted by Crippen LogP contribution is 2.09. The number of aliphatic carboxylic acids is 2. The van der Waals surface area contributed by atoms with Gasteiger partial charge in [-0.25, -0.2) is 14.4 Å². The molecule has 60 heavy (non-hydrogen) atoms. The van der Waals surface area contributed by atoms with Gasteiger partial charge in [-0.15, -0.1) is 0 Å². The first-order chi connectivity index (χ1) is 28.4. The molecule has 22 nitrogen and oxygen atoms in total. The van der Waals surface area contributed by atoms with Crippen LogP contribution in [0.15, 0.2) is 34.3 Å². The molecule has 0 heterocycles. The largest absolute Gasteiger partial charge is 0.481 e. The highest BCUT2D eigenvalue weighted by molar-refractivity contribution is 7.80. The van der Waals surface area contributed by atoms with Crippen molar-refractivity contribution >= 4 is 66.3 Å². The van der Waals surface area contributed by atoms with Crippen LogP contribution in [0.5, 0.6) is 0 Å². The van der Waals surface area contributed by atoms with Gasteiger partial charge in [0.15, 0.2) is 11.9 Å². The summed E-state index contributed by atoms with van der Waals surface area (Å²) in [6.07, 6.45) is 2.29. The number of hydrogen-bond donors (Lipinski definition) is 14. The predicted octanol–water partition coefficient (Wildman–Crippen LogP) is -1.28. The van der Waals surface area contributed by atoms with Crippen molar-refractivity contribution in [1.82, 2.24) is 37.2 Å². The van der Waals surface area contributed by atoms with E-state index in [1.54, 1.807) is 38.1 Å². The molecule has 0 aliphatic heterocycles. The Hall–Kier alpha value is -6.00. The maximum Gasteiger partial charge on any atom is 0.326 e. The van der Waals surface area contributed by atoms with Gasteiger partial charge in [-0.3, -0.25) is 29.2 Å². The summed E-state index contributed by atoms with van der Waals surface area (Å²) in [5, 5.41) is 36.7. The second kappa shape index (κ2) is 29.2. The minimum absolute atomic E-state index is 0.0534. The van der Waals surface area contributed by atoms with Crippen LogP contribution in [0.3, 0.4) is 0 Å². The maximum atomic E-state index is 13.5. The van der Waals surface area contributed by atoms with Crippen molar-refractivity contribution in [2.45, 2.75) is 115 Å². The van der Waals surface area contributed by atoms with E-state index >= 15 is 0 Å². The zero-order valence-corrected chi connectivity index (χ0v) is 35.1. The molecule has 7 amide bonds. The number of amides is 7. The van der Waals surface area contributed by atoms with Crippen LogP contribution in [0.2, 0.25) is 0 Å². The zero-order chi connectivity index (χ0) is 45.0. The molecule has 0 bridgehead atoms. The Morgan fingerprint density at radius 3 is 1.75 bits per heavy atom. The summed E-state index contributed by atoms with van der Waals surface area (Å²) in [6, 6.07) is 2.06. The number of carbonyl (C=O) groups is 7. The maximum absolute atomic E-state index is 13.5. The highest BCUT2D eigenvalue weighted by Gasteiger charge is 2.27. The van der Waals surface area contributed by atoms with E-state index in [2.05, 4.69) is 59.8 Å². The molecule has 17 N–H and O–H groups in total. The minimum atomic E-state index is -1.33. The molecule has 23 heteroatoms. The Morgan fingerprint density at radius 2 is 1.20 bits per heavy atom. The third-order valence-electron chi connectivity index (χ3n) is 8.66. The Labute approximate surface area is 355 Å². The lowest BCUT2D eigenvalue weighted by Crippen LogP contribution is -2.55. The van der Waals surface area contributed by atoms with Crippen LogP contribution in [0.1, 0.15) is 82.8 Å². The molecule has 0 saturated heterocycles. The minimum Gasteiger partial charge on any atom is -0.481 e. The molecule has 1 rings (SSSR count). The van der Waals surface area contributed by atoms with E-state index in [0.29, 0.717) is 50.0 Å². The molecule has 1 aromatic rings. The Bertz CT molecular complexity index is 1610. The van der Waals surface area contributed by atoms with Crippen molar-refractivity contribution in [2.75, 3.05) is 25.4 Å². The van der Waals surface area contributed by atoms with Crippen molar-refractivity contribution < 1.29 is 43.8 Å². The number of benzene rings is 1. The molecule has 5 unspecified atom stereocenters. The molecule has 336 valence electrons. The van der Waals surface area contributed by atoms with Gasteiger partial charge in [0.05, 0.1) is 6.42 Å². The van der Waals surface area contributed by atoms with Gasteiger partial charge in [-0.05, 0) is 76.3 Å². The zero-order valence-electron chi connectivity index (χ0n) is 34.2. The molecular weight excluding hydrogens is 803 g/mol. The van der Waals surface area contributed by atoms with E-state index in [1.165, 1.54) is 0 Å². The molecule has 5 atom stereocenters. The van der Waals surface area contributed by atoms with Crippen LogP contribution in [-0.4, -0.2) is 119 Å². The van der Waals surface area contributed by atoms with E-state index in [1.807, 2.05) is 0 Å². The number of carbonyl (C=O) groups excluding carboxylic acids is 5. The number of thiol groups is 1. The number of nitrogens with zero attached hydrogens (tertiary/aromatic N) is 2. The number of unbranched alkanes of at least 4 members (excludes halogenated alkanes) is 1. The van der Waals surface area contributed by atoms with E-state index in [9.17, 15) is 38.7 Å². The first-order valence-corrected chi connectivity index (χ1v) is 20.3. The fraction of sp³-hybridized carbons (Fsp3) is 0.595. The van der Waals surface area contributed by atoms with Crippen LogP contribution in [0.25, 0.3) is 0 Å². The van der Waals surface area contributed by atoms with Gasteiger partial charge >= 0.3 is 24.0 Å². The standard InChI is InChI=1S/C37H63N13O9S/c1-22(47-37(59)50-28(33(56)57)14-15-30(52)53)7-3-4-16-44-36(58)45-20-25-12-10-24(11-13-25)19-29(51)48-26(8-5-17-42-34(38)39)32(55)49-27(9-6-18-43-35(40)41)31(54)46-23(2)21-60/h10-13,22-23,26-28,60H,3-9,14-21H2,1-2H3,(H,46,54)(H,48,51)(H,49,55)(H,52,53)(H,56,57)(H4,38,39,42)(H4,40,41,43)(H2,44,45,58)(H2,47,50,59). The van der Waals surface area contributed by atoms with Gasteiger partial charge in [0.25, 0.3) is 0 Å². The first-order valence-electron chi connectivity index (χ1n) is 19.6. The lowest BCUT2D eigenvalue weighted by Gasteiger charge is -2.24. The third kappa shape index (κ3) is 24.7. The number of nitrogens with one attached hydrogen (secondary N) is 7. The predicted molar refractivity (Wildman–Crippen MR) is 229 cm³/mol. The molecule has 0 fully saturated rings. The number of urea groups is 2. The van der Waals surface area contributed by atoms with Gasteiger partial charge in [-0.1, -0.05) is 24.3 Å². The summed E-state index contributed by atoms with van der Waals surface area (Å²) < 4.78 is 0. The summed E-state index contributed by atoms with van der Waals surface area (Å²) in [4.78, 5) is 94.1.